The summed E-state index contributed by atoms with van der Waals surface area (Å²) in [6.07, 6.45) is 0.840. The van der Waals surface area contributed by atoms with Crippen LogP contribution in [0.3, 0.4) is 0 Å². The normalized spacial score (nSPS) is 15.1. The summed E-state index contributed by atoms with van der Waals surface area (Å²) < 4.78 is 5.54. The highest BCUT2D eigenvalue weighted by Gasteiger charge is 2.24. The third-order valence-electron chi connectivity index (χ3n) is 2.70. The second-order valence-electron chi connectivity index (χ2n) is 3.84. The molecule has 0 radical (unpaired) electrons. The van der Waals surface area contributed by atoms with Crippen LogP contribution >= 0.6 is 0 Å². The zero-order valence-electron chi connectivity index (χ0n) is 9.21. The molecule has 2 N–H and O–H groups in total. The molecule has 14 heavy (non-hydrogen) atoms. The fourth-order valence-electron chi connectivity index (χ4n) is 1.61. The van der Waals surface area contributed by atoms with Crippen molar-refractivity contribution in [2.45, 2.75) is 25.9 Å². The topological polar surface area (TPSA) is 35.2 Å². The quantitative estimate of drug-likeness (QED) is 0.795. The van der Waals surface area contributed by atoms with Gasteiger partial charge in [-0.1, -0.05) is 29.8 Å². The van der Waals surface area contributed by atoms with E-state index in [-0.39, 0.29) is 5.60 Å². The summed E-state index contributed by atoms with van der Waals surface area (Å²) in [6.45, 7) is 4.80. The van der Waals surface area contributed by atoms with Crippen molar-refractivity contribution in [2.75, 3.05) is 13.7 Å². The van der Waals surface area contributed by atoms with Gasteiger partial charge < -0.3 is 10.5 Å². The number of ether oxygens (including phenoxy) is 1. The summed E-state index contributed by atoms with van der Waals surface area (Å²) in [5.41, 5.74) is 7.79. The maximum Gasteiger partial charge on any atom is 0.0911 e. The predicted molar refractivity (Wildman–Crippen MR) is 59.2 cm³/mol. The molecule has 1 atom stereocenters. The summed E-state index contributed by atoms with van der Waals surface area (Å²) in [7, 11) is 1.73. The van der Waals surface area contributed by atoms with E-state index in [9.17, 15) is 0 Å². The molecule has 0 amide bonds. The smallest absolute Gasteiger partial charge is 0.0911 e. The van der Waals surface area contributed by atoms with Crippen molar-refractivity contribution in [3.8, 4) is 0 Å². The van der Waals surface area contributed by atoms with Gasteiger partial charge in [-0.05, 0) is 32.4 Å². The van der Waals surface area contributed by atoms with Gasteiger partial charge in [0.1, 0.15) is 0 Å². The Kier molecular flexibility index (Phi) is 3.67. The Bertz CT molecular complexity index is 298. The number of hydrogen-bond donors (Lipinski definition) is 1. The van der Waals surface area contributed by atoms with Crippen LogP contribution in [0.5, 0.6) is 0 Å². The molecule has 1 rings (SSSR count). The minimum atomic E-state index is -0.249. The Morgan fingerprint density at radius 3 is 2.64 bits per heavy atom. The average Bonchev–Trinajstić information content (AvgIpc) is 2.18. The van der Waals surface area contributed by atoms with Crippen molar-refractivity contribution in [3.63, 3.8) is 0 Å². The van der Waals surface area contributed by atoms with Crippen LogP contribution in [0.4, 0.5) is 0 Å². The van der Waals surface area contributed by atoms with Gasteiger partial charge in [-0.3, -0.25) is 0 Å². The third kappa shape index (κ3) is 2.34. The van der Waals surface area contributed by atoms with E-state index >= 15 is 0 Å². The molecule has 0 aliphatic carbocycles. The van der Waals surface area contributed by atoms with Crippen LogP contribution < -0.4 is 5.73 Å². The van der Waals surface area contributed by atoms with Gasteiger partial charge in [0.15, 0.2) is 0 Å². The highest BCUT2D eigenvalue weighted by molar-refractivity contribution is 5.27. The Labute approximate surface area is 86.1 Å². The van der Waals surface area contributed by atoms with Gasteiger partial charge in [-0.25, -0.2) is 0 Å². The number of hydrogen-bond acceptors (Lipinski definition) is 2. The van der Waals surface area contributed by atoms with Crippen molar-refractivity contribution < 1.29 is 4.74 Å². The van der Waals surface area contributed by atoms with Gasteiger partial charge in [-0.2, -0.15) is 0 Å². The molecule has 1 unspecified atom stereocenters. The Morgan fingerprint density at radius 2 is 2.14 bits per heavy atom. The first-order valence-corrected chi connectivity index (χ1v) is 4.95. The van der Waals surface area contributed by atoms with Crippen molar-refractivity contribution in [1.82, 2.24) is 0 Å². The lowest BCUT2D eigenvalue weighted by atomic mass is 9.91. The summed E-state index contributed by atoms with van der Waals surface area (Å²) in [4.78, 5) is 0. The van der Waals surface area contributed by atoms with Crippen LogP contribution in [0.15, 0.2) is 24.3 Å². The van der Waals surface area contributed by atoms with Gasteiger partial charge in [0.2, 0.25) is 0 Å². The third-order valence-corrected chi connectivity index (χ3v) is 2.70. The molecule has 1 aromatic carbocycles. The lowest BCUT2D eigenvalue weighted by Crippen LogP contribution is -2.27. The Balaban J connectivity index is 2.99. The summed E-state index contributed by atoms with van der Waals surface area (Å²) in [5, 5.41) is 0. The standard InChI is InChI=1S/C12H19NO/c1-10-5-4-6-11(9-10)12(2,14-3)7-8-13/h4-6,9H,7-8,13H2,1-3H3. The number of nitrogens with two attached hydrogens (primary N) is 1. The first-order chi connectivity index (χ1) is 6.62. The molecule has 0 aromatic heterocycles. The minimum absolute atomic E-state index is 0.249. The molecule has 2 nitrogen and oxygen atoms in total. The molecule has 1 aromatic rings. The second-order valence-corrected chi connectivity index (χ2v) is 3.84. The molecule has 0 saturated carbocycles. The van der Waals surface area contributed by atoms with Gasteiger partial charge in [0.05, 0.1) is 5.60 Å². The monoisotopic (exact) mass is 193 g/mol. The van der Waals surface area contributed by atoms with Crippen LogP contribution in [0.25, 0.3) is 0 Å². The molecular formula is C12H19NO. The number of benzene rings is 1. The van der Waals surface area contributed by atoms with E-state index in [1.54, 1.807) is 7.11 Å². The van der Waals surface area contributed by atoms with Crippen molar-refractivity contribution in [2.24, 2.45) is 5.73 Å². The zero-order chi connectivity index (χ0) is 10.6. The maximum atomic E-state index is 5.59. The molecule has 0 heterocycles. The molecule has 0 aliphatic rings. The number of methoxy groups -OCH3 is 1. The van der Waals surface area contributed by atoms with Crippen molar-refractivity contribution in [3.05, 3.63) is 35.4 Å². The van der Waals surface area contributed by atoms with E-state index in [2.05, 4.69) is 38.1 Å². The van der Waals surface area contributed by atoms with E-state index in [0.29, 0.717) is 6.54 Å². The van der Waals surface area contributed by atoms with Crippen LogP contribution in [0.2, 0.25) is 0 Å². The molecule has 78 valence electrons. The fourth-order valence-corrected chi connectivity index (χ4v) is 1.61. The molecule has 0 aliphatic heterocycles. The molecular weight excluding hydrogens is 174 g/mol. The van der Waals surface area contributed by atoms with Crippen LogP contribution in [-0.4, -0.2) is 13.7 Å². The van der Waals surface area contributed by atoms with Gasteiger partial charge in [0, 0.05) is 7.11 Å². The van der Waals surface area contributed by atoms with Crippen LogP contribution in [0.1, 0.15) is 24.5 Å². The maximum absolute atomic E-state index is 5.59. The molecule has 2 heteroatoms. The highest BCUT2D eigenvalue weighted by Crippen LogP contribution is 2.28. The van der Waals surface area contributed by atoms with Gasteiger partial charge in [0.25, 0.3) is 0 Å². The summed E-state index contributed by atoms with van der Waals surface area (Å²) >= 11 is 0. The van der Waals surface area contributed by atoms with Gasteiger partial charge in [-0.15, -0.1) is 0 Å². The van der Waals surface area contributed by atoms with Crippen LogP contribution in [-0.2, 0) is 10.3 Å². The molecule has 0 spiro atoms. The predicted octanol–water partition coefficient (Wildman–Crippen LogP) is 2.21. The van der Waals surface area contributed by atoms with E-state index in [1.165, 1.54) is 11.1 Å². The first-order valence-electron chi connectivity index (χ1n) is 4.95. The van der Waals surface area contributed by atoms with Gasteiger partial charge >= 0.3 is 0 Å². The molecule has 0 bridgehead atoms. The largest absolute Gasteiger partial charge is 0.374 e. The van der Waals surface area contributed by atoms with E-state index < -0.39 is 0 Å². The minimum Gasteiger partial charge on any atom is -0.374 e. The highest BCUT2D eigenvalue weighted by atomic mass is 16.5. The van der Waals surface area contributed by atoms with Crippen molar-refractivity contribution >= 4 is 0 Å². The van der Waals surface area contributed by atoms with Crippen LogP contribution in [0, 0.1) is 6.92 Å². The lowest BCUT2D eigenvalue weighted by Gasteiger charge is -2.28. The Hall–Kier alpha value is -0.860. The Morgan fingerprint density at radius 1 is 1.43 bits per heavy atom. The number of aryl methyl sites for hydroxylation is 1. The molecule has 0 saturated heterocycles. The lowest BCUT2D eigenvalue weighted by molar-refractivity contribution is -0.00343. The zero-order valence-corrected chi connectivity index (χ0v) is 9.21. The fraction of sp³-hybridized carbons (Fsp3) is 0.500. The SMILES string of the molecule is COC(C)(CCN)c1cccc(C)c1. The average molecular weight is 193 g/mol. The molecule has 0 fully saturated rings. The van der Waals surface area contributed by atoms with E-state index in [4.69, 9.17) is 10.5 Å². The van der Waals surface area contributed by atoms with Crippen molar-refractivity contribution in [1.29, 1.82) is 0 Å². The van der Waals surface area contributed by atoms with E-state index in [1.807, 2.05) is 0 Å². The second kappa shape index (κ2) is 4.58. The number of rotatable bonds is 4. The summed E-state index contributed by atoms with van der Waals surface area (Å²) in [6, 6.07) is 8.38. The summed E-state index contributed by atoms with van der Waals surface area (Å²) in [5.74, 6) is 0. The first kappa shape index (κ1) is 11.2. The van der Waals surface area contributed by atoms with E-state index in [0.717, 1.165) is 6.42 Å².